The molecule has 5 heteroatoms. The summed E-state index contributed by atoms with van der Waals surface area (Å²) in [5, 5.41) is 8.90. The monoisotopic (exact) mass is 258 g/mol. The van der Waals surface area contributed by atoms with Gasteiger partial charge in [-0.25, -0.2) is 0 Å². The maximum atomic E-state index is 12.4. The number of nitrogens with zero attached hydrogens (tertiary/aromatic N) is 4. The molecule has 1 amide bonds. The maximum absolute atomic E-state index is 12.4. The van der Waals surface area contributed by atoms with E-state index >= 15 is 0 Å². The fourth-order valence-corrected chi connectivity index (χ4v) is 2.27. The number of hydrogen-bond acceptors (Lipinski definition) is 4. The smallest absolute Gasteiger partial charge is 0.255 e. The average molecular weight is 258 g/mol. The first kappa shape index (κ1) is 13.5. The molecule has 1 aromatic heterocycles. The molecule has 0 aromatic carbocycles. The molecular formula is C14H18N4O. The molecule has 1 aromatic rings. The first-order valence-corrected chi connectivity index (χ1v) is 6.48. The third-order valence-corrected chi connectivity index (χ3v) is 3.57. The Morgan fingerprint density at radius 3 is 2.68 bits per heavy atom. The van der Waals surface area contributed by atoms with Crippen molar-refractivity contribution < 1.29 is 4.79 Å². The van der Waals surface area contributed by atoms with Gasteiger partial charge < -0.3 is 4.90 Å². The van der Waals surface area contributed by atoms with Crippen LogP contribution in [0.25, 0.3) is 0 Å². The van der Waals surface area contributed by atoms with Crippen LogP contribution in [0.2, 0.25) is 0 Å². The average Bonchev–Trinajstić information content (AvgIpc) is 2.46. The van der Waals surface area contributed by atoms with E-state index in [1.165, 1.54) is 0 Å². The van der Waals surface area contributed by atoms with Crippen molar-refractivity contribution in [2.24, 2.45) is 0 Å². The summed E-state index contributed by atoms with van der Waals surface area (Å²) in [4.78, 5) is 20.5. The number of nitriles is 1. The molecule has 1 aliphatic heterocycles. The summed E-state index contributed by atoms with van der Waals surface area (Å²) in [6.07, 6.45) is 1.69. The summed E-state index contributed by atoms with van der Waals surface area (Å²) in [5.74, 6) is 0.0369. The van der Waals surface area contributed by atoms with Gasteiger partial charge in [0.1, 0.15) is 0 Å². The van der Waals surface area contributed by atoms with Crippen LogP contribution in [0.15, 0.2) is 18.3 Å². The van der Waals surface area contributed by atoms with Crippen molar-refractivity contribution in [3.05, 3.63) is 29.6 Å². The molecule has 1 unspecified atom stereocenters. The molecule has 0 N–H and O–H groups in total. The van der Waals surface area contributed by atoms with Crippen molar-refractivity contribution in [2.75, 3.05) is 26.2 Å². The van der Waals surface area contributed by atoms with E-state index < -0.39 is 0 Å². The Bertz CT molecular complexity index is 500. The zero-order chi connectivity index (χ0) is 13.8. The largest absolute Gasteiger partial charge is 0.336 e. The van der Waals surface area contributed by atoms with Gasteiger partial charge in [0.15, 0.2) is 0 Å². The van der Waals surface area contributed by atoms with E-state index in [9.17, 15) is 4.79 Å². The van der Waals surface area contributed by atoms with Gasteiger partial charge >= 0.3 is 0 Å². The number of carbonyl (C=O) groups is 1. The standard InChI is InChI=1S/C14H18N4O/c1-11(10-15)17-6-8-18(9-7-17)14(19)13-4-3-5-16-12(13)2/h3-5,11H,6-9H2,1-2H3. The van der Waals surface area contributed by atoms with Crippen LogP contribution in [-0.4, -0.2) is 52.9 Å². The first-order chi connectivity index (χ1) is 9.13. The topological polar surface area (TPSA) is 60.2 Å². The van der Waals surface area contributed by atoms with Crippen LogP contribution in [0, 0.1) is 18.3 Å². The Balaban J connectivity index is 2.01. The van der Waals surface area contributed by atoms with Crippen LogP contribution in [0.5, 0.6) is 0 Å². The molecule has 1 saturated heterocycles. The minimum atomic E-state index is -0.0858. The van der Waals surface area contributed by atoms with Crippen LogP contribution < -0.4 is 0 Å². The van der Waals surface area contributed by atoms with E-state index in [4.69, 9.17) is 5.26 Å². The molecule has 0 saturated carbocycles. The quantitative estimate of drug-likeness (QED) is 0.796. The minimum Gasteiger partial charge on any atom is -0.336 e. The number of rotatable bonds is 2. The minimum absolute atomic E-state index is 0.0369. The van der Waals surface area contributed by atoms with Gasteiger partial charge in [-0.3, -0.25) is 14.7 Å². The summed E-state index contributed by atoms with van der Waals surface area (Å²) >= 11 is 0. The second kappa shape index (κ2) is 5.81. The van der Waals surface area contributed by atoms with Crippen molar-refractivity contribution in [3.8, 4) is 6.07 Å². The number of pyridine rings is 1. The number of piperazine rings is 1. The van der Waals surface area contributed by atoms with E-state index in [2.05, 4.69) is 16.0 Å². The molecule has 2 rings (SSSR count). The molecular weight excluding hydrogens is 240 g/mol. The summed E-state index contributed by atoms with van der Waals surface area (Å²) in [6.45, 7) is 6.57. The molecule has 0 aliphatic carbocycles. The third-order valence-electron chi connectivity index (χ3n) is 3.57. The highest BCUT2D eigenvalue weighted by Gasteiger charge is 2.25. The van der Waals surface area contributed by atoms with Crippen LogP contribution in [0.1, 0.15) is 23.0 Å². The van der Waals surface area contributed by atoms with Gasteiger partial charge in [0, 0.05) is 38.1 Å². The molecule has 2 heterocycles. The highest BCUT2D eigenvalue weighted by Crippen LogP contribution is 2.12. The fraction of sp³-hybridized carbons (Fsp3) is 0.500. The lowest BCUT2D eigenvalue weighted by Crippen LogP contribution is -2.51. The van der Waals surface area contributed by atoms with Gasteiger partial charge in [0.25, 0.3) is 5.91 Å². The molecule has 0 bridgehead atoms. The zero-order valence-corrected chi connectivity index (χ0v) is 11.3. The number of aryl methyl sites for hydroxylation is 1. The Morgan fingerprint density at radius 1 is 1.42 bits per heavy atom. The number of aromatic nitrogens is 1. The Kier molecular flexibility index (Phi) is 4.13. The number of hydrogen-bond donors (Lipinski definition) is 0. The lowest BCUT2D eigenvalue weighted by molar-refractivity contribution is 0.0614. The van der Waals surface area contributed by atoms with E-state index in [1.54, 1.807) is 12.3 Å². The summed E-state index contributed by atoms with van der Waals surface area (Å²) < 4.78 is 0. The van der Waals surface area contributed by atoms with Crippen LogP contribution in [0.4, 0.5) is 0 Å². The van der Waals surface area contributed by atoms with Crippen molar-refractivity contribution in [2.45, 2.75) is 19.9 Å². The Labute approximate surface area is 113 Å². The predicted molar refractivity (Wildman–Crippen MR) is 71.5 cm³/mol. The summed E-state index contributed by atoms with van der Waals surface area (Å²) in [7, 11) is 0. The van der Waals surface area contributed by atoms with E-state index in [1.807, 2.05) is 24.8 Å². The first-order valence-electron chi connectivity index (χ1n) is 6.48. The van der Waals surface area contributed by atoms with Crippen molar-refractivity contribution in [1.29, 1.82) is 5.26 Å². The molecule has 0 spiro atoms. The Hall–Kier alpha value is -1.93. The molecule has 1 aliphatic rings. The van der Waals surface area contributed by atoms with Crippen LogP contribution in [-0.2, 0) is 0 Å². The highest BCUT2D eigenvalue weighted by molar-refractivity contribution is 5.95. The van der Waals surface area contributed by atoms with Gasteiger partial charge in [-0.2, -0.15) is 5.26 Å². The highest BCUT2D eigenvalue weighted by atomic mass is 16.2. The molecule has 5 nitrogen and oxygen atoms in total. The number of carbonyl (C=O) groups excluding carboxylic acids is 1. The normalized spacial score (nSPS) is 17.8. The van der Waals surface area contributed by atoms with Crippen molar-refractivity contribution in [3.63, 3.8) is 0 Å². The molecule has 1 atom stereocenters. The summed E-state index contributed by atoms with van der Waals surface area (Å²) in [5.41, 5.74) is 1.43. The van der Waals surface area contributed by atoms with Gasteiger partial charge in [0.05, 0.1) is 17.7 Å². The van der Waals surface area contributed by atoms with Crippen LogP contribution in [0.3, 0.4) is 0 Å². The van der Waals surface area contributed by atoms with E-state index in [0.29, 0.717) is 18.7 Å². The second-order valence-corrected chi connectivity index (χ2v) is 4.77. The molecule has 19 heavy (non-hydrogen) atoms. The third kappa shape index (κ3) is 2.91. The predicted octanol–water partition coefficient (Wildman–Crippen LogP) is 1.06. The molecule has 1 fully saturated rings. The zero-order valence-electron chi connectivity index (χ0n) is 11.3. The van der Waals surface area contributed by atoms with Gasteiger partial charge in [-0.15, -0.1) is 0 Å². The maximum Gasteiger partial charge on any atom is 0.255 e. The Morgan fingerprint density at radius 2 is 2.11 bits per heavy atom. The van der Waals surface area contributed by atoms with Gasteiger partial charge in [-0.1, -0.05) is 0 Å². The molecule has 100 valence electrons. The van der Waals surface area contributed by atoms with Gasteiger partial charge in [0.2, 0.25) is 0 Å². The van der Waals surface area contributed by atoms with Crippen LogP contribution >= 0.6 is 0 Å². The van der Waals surface area contributed by atoms with E-state index in [-0.39, 0.29) is 11.9 Å². The second-order valence-electron chi connectivity index (χ2n) is 4.77. The molecule has 0 radical (unpaired) electrons. The number of amides is 1. The van der Waals surface area contributed by atoms with E-state index in [0.717, 1.165) is 18.8 Å². The van der Waals surface area contributed by atoms with Crippen molar-refractivity contribution >= 4 is 5.91 Å². The van der Waals surface area contributed by atoms with Gasteiger partial charge in [-0.05, 0) is 26.0 Å². The fourth-order valence-electron chi connectivity index (χ4n) is 2.27. The summed E-state index contributed by atoms with van der Waals surface area (Å²) in [6, 6.07) is 5.75. The lowest BCUT2D eigenvalue weighted by atomic mass is 10.1. The van der Waals surface area contributed by atoms with Crippen molar-refractivity contribution in [1.82, 2.24) is 14.8 Å². The SMILES string of the molecule is Cc1ncccc1C(=O)N1CCN(C(C)C#N)CC1. The lowest BCUT2D eigenvalue weighted by Gasteiger charge is -2.36.